The minimum Gasteiger partial charge on any atom is -0.497 e. The highest BCUT2D eigenvalue weighted by Crippen LogP contribution is 2.21. The van der Waals surface area contributed by atoms with Crippen LogP contribution in [0.3, 0.4) is 0 Å². The second kappa shape index (κ2) is 9.84. The topological polar surface area (TPSA) is 85.4 Å². The van der Waals surface area contributed by atoms with Crippen LogP contribution >= 0.6 is 0 Å². The lowest BCUT2D eigenvalue weighted by Gasteiger charge is -2.22. The van der Waals surface area contributed by atoms with Gasteiger partial charge in [0.05, 0.1) is 26.4 Å². The second-order valence-electron chi connectivity index (χ2n) is 8.39. The standard InChI is InChI=1S/C23H32N8O/c1-17-27-28-22(30(17)3)14-25-23(24-12-18-5-7-21(32-4)8-6-18)31-10-9-19(16-31)11-20-13-26-29(2)15-20/h5-8,13,15,19H,9-12,14,16H2,1-4H3,(H,24,25). The quantitative estimate of drug-likeness (QED) is 0.451. The SMILES string of the molecule is COc1ccc(CN=C(NCc2nnc(C)n2C)N2CCC(Cc3cnn(C)c3)C2)cc1. The molecule has 0 spiro atoms. The molecule has 3 heterocycles. The minimum atomic E-state index is 0.586. The lowest BCUT2D eigenvalue weighted by atomic mass is 10.0. The molecule has 1 aliphatic rings. The van der Waals surface area contributed by atoms with E-state index in [1.807, 2.05) is 48.6 Å². The monoisotopic (exact) mass is 436 g/mol. The molecule has 9 nitrogen and oxygen atoms in total. The van der Waals surface area contributed by atoms with Gasteiger partial charge in [-0.05, 0) is 48.9 Å². The Morgan fingerprint density at radius 2 is 2.00 bits per heavy atom. The molecule has 0 amide bonds. The van der Waals surface area contributed by atoms with E-state index in [1.165, 1.54) is 5.56 Å². The van der Waals surface area contributed by atoms with E-state index < -0.39 is 0 Å². The third kappa shape index (κ3) is 5.27. The van der Waals surface area contributed by atoms with Gasteiger partial charge in [0, 0.05) is 33.4 Å². The minimum absolute atomic E-state index is 0.586. The van der Waals surface area contributed by atoms with E-state index in [0.717, 1.165) is 54.9 Å². The highest BCUT2D eigenvalue weighted by atomic mass is 16.5. The highest BCUT2D eigenvalue weighted by molar-refractivity contribution is 5.80. The first kappa shape index (κ1) is 21.9. The third-order valence-electron chi connectivity index (χ3n) is 6.03. The number of hydrogen-bond donors (Lipinski definition) is 1. The van der Waals surface area contributed by atoms with Gasteiger partial charge in [0.25, 0.3) is 0 Å². The van der Waals surface area contributed by atoms with Gasteiger partial charge in [0.2, 0.25) is 0 Å². The Morgan fingerprint density at radius 3 is 2.66 bits per heavy atom. The van der Waals surface area contributed by atoms with Crippen LogP contribution in [0.5, 0.6) is 5.75 Å². The third-order valence-corrected chi connectivity index (χ3v) is 6.03. The molecule has 1 atom stereocenters. The summed E-state index contributed by atoms with van der Waals surface area (Å²) in [7, 11) is 5.63. The van der Waals surface area contributed by atoms with Crippen LogP contribution in [0.4, 0.5) is 0 Å². The van der Waals surface area contributed by atoms with E-state index in [9.17, 15) is 0 Å². The molecule has 1 N–H and O–H groups in total. The van der Waals surface area contributed by atoms with Crippen molar-refractivity contribution in [3.8, 4) is 5.75 Å². The van der Waals surface area contributed by atoms with Crippen LogP contribution in [0.1, 0.15) is 29.2 Å². The van der Waals surface area contributed by atoms with Crippen molar-refractivity contribution in [2.24, 2.45) is 25.0 Å². The summed E-state index contributed by atoms with van der Waals surface area (Å²) in [4.78, 5) is 7.30. The van der Waals surface area contributed by atoms with Gasteiger partial charge in [-0.15, -0.1) is 10.2 Å². The van der Waals surface area contributed by atoms with Crippen LogP contribution in [0.2, 0.25) is 0 Å². The van der Waals surface area contributed by atoms with Crippen molar-refractivity contribution in [2.45, 2.75) is 32.9 Å². The van der Waals surface area contributed by atoms with E-state index in [4.69, 9.17) is 9.73 Å². The summed E-state index contributed by atoms with van der Waals surface area (Å²) in [6.45, 7) is 5.10. The van der Waals surface area contributed by atoms with Gasteiger partial charge in [-0.25, -0.2) is 4.99 Å². The zero-order valence-electron chi connectivity index (χ0n) is 19.3. The number of likely N-dealkylation sites (tertiary alicyclic amines) is 1. The smallest absolute Gasteiger partial charge is 0.194 e. The predicted molar refractivity (Wildman–Crippen MR) is 123 cm³/mol. The summed E-state index contributed by atoms with van der Waals surface area (Å²) in [5, 5.41) is 16.3. The van der Waals surface area contributed by atoms with Crippen LogP contribution < -0.4 is 10.1 Å². The van der Waals surface area contributed by atoms with E-state index in [2.05, 4.69) is 43.8 Å². The van der Waals surface area contributed by atoms with E-state index >= 15 is 0 Å². The molecule has 1 saturated heterocycles. The number of methoxy groups -OCH3 is 1. The Labute approximate surface area is 189 Å². The van der Waals surface area contributed by atoms with Crippen molar-refractivity contribution in [1.29, 1.82) is 0 Å². The largest absolute Gasteiger partial charge is 0.497 e. The van der Waals surface area contributed by atoms with E-state index in [-0.39, 0.29) is 0 Å². The Balaban J connectivity index is 1.45. The molecule has 1 fully saturated rings. The number of nitrogens with one attached hydrogen (secondary N) is 1. The number of aryl methyl sites for hydroxylation is 2. The first-order valence-corrected chi connectivity index (χ1v) is 11.0. The van der Waals surface area contributed by atoms with Crippen LogP contribution in [-0.2, 0) is 33.6 Å². The average molecular weight is 437 g/mol. The summed E-state index contributed by atoms with van der Waals surface area (Å²) in [5.74, 6) is 4.15. The first-order chi connectivity index (χ1) is 15.5. The molecule has 32 heavy (non-hydrogen) atoms. The molecule has 4 rings (SSSR count). The molecular weight excluding hydrogens is 404 g/mol. The van der Waals surface area contributed by atoms with Crippen molar-refractivity contribution in [1.82, 2.24) is 34.8 Å². The maximum Gasteiger partial charge on any atom is 0.194 e. The molecule has 1 unspecified atom stereocenters. The summed E-state index contributed by atoms with van der Waals surface area (Å²) in [5.41, 5.74) is 2.43. The summed E-state index contributed by atoms with van der Waals surface area (Å²) < 4.78 is 9.13. The molecule has 2 aromatic heterocycles. The molecule has 0 aliphatic carbocycles. The van der Waals surface area contributed by atoms with Gasteiger partial charge in [-0.3, -0.25) is 4.68 Å². The molecule has 3 aromatic rings. The van der Waals surface area contributed by atoms with Crippen LogP contribution in [0.15, 0.2) is 41.7 Å². The summed E-state index contributed by atoms with van der Waals surface area (Å²) in [6.07, 6.45) is 6.26. The number of aromatic nitrogens is 5. The zero-order chi connectivity index (χ0) is 22.5. The first-order valence-electron chi connectivity index (χ1n) is 11.0. The molecule has 0 saturated carbocycles. The molecule has 0 bridgehead atoms. The molecular formula is C23H32N8O. The number of rotatable bonds is 7. The highest BCUT2D eigenvalue weighted by Gasteiger charge is 2.26. The van der Waals surface area contributed by atoms with Crippen LogP contribution in [-0.4, -0.2) is 55.6 Å². The Bertz CT molecular complexity index is 1050. The average Bonchev–Trinajstić information content (AvgIpc) is 3.51. The fraction of sp³-hybridized carbons (Fsp3) is 0.478. The lowest BCUT2D eigenvalue weighted by molar-refractivity contribution is 0.414. The van der Waals surface area contributed by atoms with E-state index in [1.54, 1.807) is 7.11 Å². The fourth-order valence-corrected chi connectivity index (χ4v) is 4.03. The second-order valence-corrected chi connectivity index (χ2v) is 8.39. The van der Waals surface area contributed by atoms with Crippen molar-refractivity contribution < 1.29 is 4.74 Å². The number of benzene rings is 1. The molecule has 1 aliphatic heterocycles. The van der Waals surface area contributed by atoms with Crippen molar-refractivity contribution in [3.05, 3.63) is 59.4 Å². The Morgan fingerprint density at radius 1 is 1.19 bits per heavy atom. The molecule has 0 radical (unpaired) electrons. The van der Waals surface area contributed by atoms with Gasteiger partial charge < -0.3 is 19.5 Å². The molecule has 9 heteroatoms. The molecule has 1 aromatic carbocycles. The van der Waals surface area contributed by atoms with Crippen molar-refractivity contribution in [3.63, 3.8) is 0 Å². The maximum absolute atomic E-state index is 5.26. The van der Waals surface area contributed by atoms with Gasteiger partial charge in [0.1, 0.15) is 11.6 Å². The normalized spacial score (nSPS) is 16.6. The fourth-order valence-electron chi connectivity index (χ4n) is 4.03. The summed E-state index contributed by atoms with van der Waals surface area (Å²) >= 11 is 0. The zero-order valence-corrected chi connectivity index (χ0v) is 19.3. The Kier molecular flexibility index (Phi) is 6.72. The van der Waals surface area contributed by atoms with Crippen LogP contribution in [0.25, 0.3) is 0 Å². The molecule has 170 valence electrons. The van der Waals surface area contributed by atoms with Crippen molar-refractivity contribution in [2.75, 3.05) is 20.2 Å². The van der Waals surface area contributed by atoms with Gasteiger partial charge in [-0.1, -0.05) is 12.1 Å². The number of hydrogen-bond acceptors (Lipinski definition) is 5. The maximum atomic E-state index is 5.26. The van der Waals surface area contributed by atoms with Gasteiger partial charge >= 0.3 is 0 Å². The van der Waals surface area contributed by atoms with Gasteiger partial charge in [0.15, 0.2) is 11.8 Å². The predicted octanol–water partition coefficient (Wildman–Crippen LogP) is 2.08. The van der Waals surface area contributed by atoms with Crippen LogP contribution in [0, 0.1) is 12.8 Å². The number of aliphatic imine (C=N–C) groups is 1. The Hall–Kier alpha value is -3.36. The van der Waals surface area contributed by atoms with Crippen molar-refractivity contribution >= 4 is 5.96 Å². The summed E-state index contributed by atoms with van der Waals surface area (Å²) in [6, 6.07) is 8.06. The van der Waals surface area contributed by atoms with Gasteiger partial charge in [-0.2, -0.15) is 5.10 Å². The lowest BCUT2D eigenvalue weighted by Crippen LogP contribution is -2.40. The number of guanidine groups is 1. The van der Waals surface area contributed by atoms with E-state index in [0.29, 0.717) is 19.0 Å². The number of ether oxygens (including phenoxy) is 1. The number of nitrogens with zero attached hydrogens (tertiary/aromatic N) is 7.